The summed E-state index contributed by atoms with van der Waals surface area (Å²) in [7, 11) is 4.01. The molecule has 0 aromatic heterocycles. The molecule has 1 aromatic carbocycles. The predicted molar refractivity (Wildman–Crippen MR) is 144 cm³/mol. The molecule has 1 unspecified atom stereocenters. The molecule has 2 heterocycles. The number of guanidine groups is 1. The highest BCUT2D eigenvalue weighted by molar-refractivity contribution is 14.0. The number of para-hydroxylation sites is 1. The van der Waals surface area contributed by atoms with E-state index in [0.29, 0.717) is 5.91 Å². The topological polar surface area (TPSA) is 54.4 Å². The molecule has 180 valence electrons. The van der Waals surface area contributed by atoms with E-state index >= 15 is 0 Å². The van der Waals surface area contributed by atoms with Gasteiger partial charge in [-0.1, -0.05) is 18.2 Å². The summed E-state index contributed by atoms with van der Waals surface area (Å²) in [6.07, 6.45) is 4.55. The van der Waals surface area contributed by atoms with Crippen LogP contribution in [0.1, 0.15) is 32.6 Å². The van der Waals surface area contributed by atoms with Crippen molar-refractivity contribution in [2.75, 3.05) is 71.4 Å². The van der Waals surface area contributed by atoms with E-state index < -0.39 is 0 Å². The second-order valence-corrected chi connectivity index (χ2v) is 8.67. The Morgan fingerprint density at radius 2 is 1.69 bits per heavy atom. The number of nitrogens with one attached hydrogen (secondary N) is 1. The number of unbranched alkanes of at least 4 members (excludes halogenated alkanes) is 1. The van der Waals surface area contributed by atoms with E-state index in [1.807, 2.05) is 11.9 Å². The van der Waals surface area contributed by atoms with Gasteiger partial charge < -0.3 is 20.0 Å². The molecule has 1 N–H and O–H groups in total. The van der Waals surface area contributed by atoms with Crippen molar-refractivity contribution >= 4 is 41.5 Å². The molecule has 32 heavy (non-hydrogen) atoms. The fourth-order valence-electron chi connectivity index (χ4n) is 4.50. The van der Waals surface area contributed by atoms with E-state index in [4.69, 9.17) is 0 Å². The van der Waals surface area contributed by atoms with Gasteiger partial charge in [-0.2, -0.15) is 0 Å². The van der Waals surface area contributed by atoms with E-state index in [2.05, 4.69) is 69.3 Å². The van der Waals surface area contributed by atoms with Crippen molar-refractivity contribution < 1.29 is 4.79 Å². The normalized spacial score (nSPS) is 18.3. The van der Waals surface area contributed by atoms with Gasteiger partial charge in [0, 0.05) is 72.1 Å². The minimum absolute atomic E-state index is 0. The third kappa shape index (κ3) is 7.50. The number of amides is 1. The molecule has 8 heteroatoms. The Hall–Kier alpha value is -1.55. The summed E-state index contributed by atoms with van der Waals surface area (Å²) in [6, 6.07) is 10.5. The zero-order chi connectivity index (χ0) is 22.1. The highest BCUT2D eigenvalue weighted by atomic mass is 127. The first kappa shape index (κ1) is 26.7. The van der Waals surface area contributed by atoms with Crippen molar-refractivity contribution in [3.8, 4) is 0 Å². The average molecular weight is 557 g/mol. The lowest BCUT2D eigenvalue weighted by molar-refractivity contribution is -0.135. The lowest BCUT2D eigenvalue weighted by Crippen LogP contribution is -2.57. The van der Waals surface area contributed by atoms with Crippen molar-refractivity contribution in [3.63, 3.8) is 0 Å². The lowest BCUT2D eigenvalue weighted by atomic mass is 10.2. The Balaban J connectivity index is 0.00000363. The summed E-state index contributed by atoms with van der Waals surface area (Å²) in [5.41, 5.74) is 1.27. The van der Waals surface area contributed by atoms with Gasteiger partial charge in [0.2, 0.25) is 5.91 Å². The molecule has 0 radical (unpaired) electrons. The number of anilines is 1. The first-order valence-electron chi connectivity index (χ1n) is 11.8. The Kier molecular flexibility index (Phi) is 11.6. The number of halogens is 1. The van der Waals surface area contributed by atoms with Crippen LogP contribution in [-0.2, 0) is 4.79 Å². The molecule has 1 amide bonds. The molecule has 2 saturated heterocycles. The first-order valence-corrected chi connectivity index (χ1v) is 11.8. The largest absolute Gasteiger partial charge is 0.375 e. The summed E-state index contributed by atoms with van der Waals surface area (Å²) < 4.78 is 0. The van der Waals surface area contributed by atoms with Gasteiger partial charge in [-0.3, -0.25) is 14.7 Å². The standard InChI is InChI=1S/C24H40N6O.HI/c1-21(23(31)29-15-9-10-16-29)28-17-19-30(20-18-28)24(25-2)26-13-7-8-14-27(3)22-11-5-4-6-12-22;/h4-6,11-12,21H,7-10,13-20H2,1-3H3,(H,25,26);1H. The molecule has 2 aliphatic rings. The SMILES string of the molecule is CN=C(NCCCCN(C)c1ccccc1)N1CCN(C(C)C(=O)N2CCCC2)CC1.I. The molecular weight excluding hydrogens is 515 g/mol. The molecule has 1 aromatic rings. The molecular formula is C24H41IN6O. The number of nitrogens with zero attached hydrogens (tertiary/aromatic N) is 5. The van der Waals surface area contributed by atoms with E-state index in [1.165, 1.54) is 5.69 Å². The maximum atomic E-state index is 12.7. The molecule has 0 bridgehead atoms. The number of rotatable bonds is 8. The summed E-state index contributed by atoms with van der Waals surface area (Å²) in [5.74, 6) is 1.28. The fourth-order valence-corrected chi connectivity index (χ4v) is 4.50. The van der Waals surface area contributed by atoms with E-state index in [9.17, 15) is 4.79 Å². The second kappa shape index (κ2) is 13.9. The van der Waals surface area contributed by atoms with Crippen LogP contribution in [-0.4, -0.2) is 99.1 Å². The Labute approximate surface area is 211 Å². The number of benzene rings is 1. The molecule has 2 fully saturated rings. The fraction of sp³-hybridized carbons (Fsp3) is 0.667. The smallest absolute Gasteiger partial charge is 0.239 e. The minimum Gasteiger partial charge on any atom is -0.375 e. The molecule has 0 saturated carbocycles. The summed E-state index contributed by atoms with van der Waals surface area (Å²) in [5, 5.41) is 3.53. The number of aliphatic imine (C=N–C) groups is 1. The van der Waals surface area contributed by atoms with Crippen molar-refractivity contribution in [2.24, 2.45) is 4.99 Å². The molecule has 3 rings (SSSR count). The summed E-state index contributed by atoms with van der Waals surface area (Å²) >= 11 is 0. The van der Waals surface area contributed by atoms with Crippen LogP contribution in [0.5, 0.6) is 0 Å². The second-order valence-electron chi connectivity index (χ2n) is 8.67. The summed E-state index contributed by atoms with van der Waals surface area (Å²) in [4.78, 5) is 26.2. The van der Waals surface area contributed by atoms with Crippen LogP contribution in [0.4, 0.5) is 5.69 Å². The third-order valence-corrected chi connectivity index (χ3v) is 6.55. The van der Waals surface area contributed by atoms with Crippen LogP contribution in [0.25, 0.3) is 0 Å². The highest BCUT2D eigenvalue weighted by Gasteiger charge is 2.30. The van der Waals surface area contributed by atoms with Crippen LogP contribution in [0.2, 0.25) is 0 Å². The maximum absolute atomic E-state index is 12.7. The predicted octanol–water partition coefficient (Wildman–Crippen LogP) is 2.72. The van der Waals surface area contributed by atoms with Crippen LogP contribution < -0.4 is 10.2 Å². The van der Waals surface area contributed by atoms with Crippen LogP contribution >= 0.6 is 24.0 Å². The highest BCUT2D eigenvalue weighted by Crippen LogP contribution is 2.14. The monoisotopic (exact) mass is 556 g/mol. The van der Waals surface area contributed by atoms with Crippen molar-refractivity contribution in [1.29, 1.82) is 0 Å². The van der Waals surface area contributed by atoms with Gasteiger partial charge in [-0.05, 0) is 44.7 Å². The van der Waals surface area contributed by atoms with Gasteiger partial charge in [0.25, 0.3) is 0 Å². The average Bonchev–Trinajstić information content (AvgIpc) is 3.36. The number of hydrogen-bond donors (Lipinski definition) is 1. The maximum Gasteiger partial charge on any atom is 0.239 e. The van der Waals surface area contributed by atoms with E-state index in [0.717, 1.165) is 84.0 Å². The van der Waals surface area contributed by atoms with E-state index in [1.54, 1.807) is 0 Å². The number of likely N-dealkylation sites (tertiary alicyclic amines) is 1. The Bertz CT molecular complexity index is 702. The van der Waals surface area contributed by atoms with Gasteiger partial charge in [0.05, 0.1) is 6.04 Å². The van der Waals surface area contributed by atoms with Crippen molar-refractivity contribution in [3.05, 3.63) is 30.3 Å². The number of hydrogen-bond acceptors (Lipinski definition) is 4. The Morgan fingerprint density at radius 1 is 1.03 bits per heavy atom. The van der Waals surface area contributed by atoms with Crippen molar-refractivity contribution in [2.45, 2.75) is 38.6 Å². The first-order chi connectivity index (χ1) is 15.1. The number of piperazine rings is 1. The van der Waals surface area contributed by atoms with Gasteiger partial charge in [-0.15, -0.1) is 24.0 Å². The van der Waals surface area contributed by atoms with Gasteiger partial charge in [-0.25, -0.2) is 0 Å². The molecule has 7 nitrogen and oxygen atoms in total. The molecule has 0 aliphatic carbocycles. The quantitative estimate of drug-likeness (QED) is 0.231. The van der Waals surface area contributed by atoms with Gasteiger partial charge in [0.15, 0.2) is 5.96 Å². The molecule has 2 aliphatic heterocycles. The molecule has 1 atom stereocenters. The Morgan fingerprint density at radius 3 is 2.31 bits per heavy atom. The van der Waals surface area contributed by atoms with Crippen molar-refractivity contribution in [1.82, 2.24) is 20.0 Å². The zero-order valence-electron chi connectivity index (χ0n) is 20.0. The molecule has 0 spiro atoms. The van der Waals surface area contributed by atoms with Gasteiger partial charge in [0.1, 0.15) is 0 Å². The van der Waals surface area contributed by atoms with Gasteiger partial charge >= 0.3 is 0 Å². The lowest BCUT2D eigenvalue weighted by Gasteiger charge is -2.39. The zero-order valence-corrected chi connectivity index (χ0v) is 22.3. The number of carbonyl (C=O) groups is 1. The minimum atomic E-state index is -0.0168. The summed E-state index contributed by atoms with van der Waals surface area (Å²) in [6.45, 7) is 9.54. The third-order valence-electron chi connectivity index (χ3n) is 6.55. The van der Waals surface area contributed by atoms with Crippen LogP contribution in [0, 0.1) is 0 Å². The van der Waals surface area contributed by atoms with Crippen LogP contribution in [0.3, 0.4) is 0 Å². The number of carbonyl (C=O) groups excluding carboxylic acids is 1. The van der Waals surface area contributed by atoms with E-state index in [-0.39, 0.29) is 30.0 Å². The van der Waals surface area contributed by atoms with Crippen LogP contribution in [0.15, 0.2) is 35.3 Å².